The van der Waals surface area contributed by atoms with Crippen LogP contribution >= 0.6 is 11.6 Å². The molecule has 0 aromatic heterocycles. The van der Waals surface area contributed by atoms with E-state index in [1.54, 1.807) is 24.3 Å². The zero-order valence-electron chi connectivity index (χ0n) is 16.1. The van der Waals surface area contributed by atoms with Crippen LogP contribution in [-0.4, -0.2) is 15.5 Å². The van der Waals surface area contributed by atoms with Gasteiger partial charge < -0.3 is 14.8 Å². The lowest BCUT2D eigenvalue weighted by atomic mass is 10.1. The molecule has 0 saturated carbocycles. The van der Waals surface area contributed by atoms with Crippen LogP contribution in [0.3, 0.4) is 0 Å². The Morgan fingerprint density at radius 3 is 2.43 bits per heavy atom. The molecule has 158 valence electrons. The van der Waals surface area contributed by atoms with Crippen molar-refractivity contribution in [1.82, 2.24) is 0 Å². The summed E-state index contributed by atoms with van der Waals surface area (Å²) in [6.07, 6.45) is 0. The number of methoxy groups -OCH3 is 1. The third-order valence-electron chi connectivity index (χ3n) is 4.33. The molecule has 0 radical (unpaired) electrons. The normalized spacial score (nSPS) is 11.2. The van der Waals surface area contributed by atoms with Gasteiger partial charge in [-0.15, -0.1) is 0 Å². The van der Waals surface area contributed by atoms with E-state index in [2.05, 4.69) is 5.32 Å². The number of sulfonamides is 1. The highest BCUT2D eigenvalue weighted by atomic mass is 35.5. The molecule has 0 amide bonds. The van der Waals surface area contributed by atoms with Gasteiger partial charge in [-0.1, -0.05) is 29.8 Å². The fourth-order valence-corrected chi connectivity index (χ4v) is 3.51. The van der Waals surface area contributed by atoms with Gasteiger partial charge in [0, 0.05) is 23.4 Å². The smallest absolute Gasteiger partial charge is 0.238 e. The maximum absolute atomic E-state index is 13.3. The van der Waals surface area contributed by atoms with Crippen LogP contribution in [0.25, 0.3) is 0 Å². The molecule has 9 heteroatoms. The molecule has 0 unspecified atom stereocenters. The molecule has 0 aliphatic carbocycles. The van der Waals surface area contributed by atoms with Crippen molar-refractivity contribution in [2.45, 2.75) is 18.0 Å². The van der Waals surface area contributed by atoms with Gasteiger partial charge in [0.2, 0.25) is 10.0 Å². The monoisotopic (exact) mass is 450 g/mol. The van der Waals surface area contributed by atoms with E-state index in [-0.39, 0.29) is 16.5 Å². The lowest BCUT2D eigenvalue weighted by Crippen LogP contribution is -2.12. The average Bonchev–Trinajstić information content (AvgIpc) is 2.71. The van der Waals surface area contributed by atoms with E-state index in [1.807, 2.05) is 12.1 Å². The molecule has 30 heavy (non-hydrogen) atoms. The molecule has 0 saturated heterocycles. The predicted octanol–water partition coefficient (Wildman–Crippen LogP) is 4.33. The minimum atomic E-state index is -3.74. The Balaban J connectivity index is 1.76. The van der Waals surface area contributed by atoms with Gasteiger partial charge in [0.25, 0.3) is 0 Å². The topological polar surface area (TPSA) is 90.6 Å². The first kappa shape index (κ1) is 21.9. The van der Waals surface area contributed by atoms with Crippen molar-refractivity contribution in [3.8, 4) is 11.5 Å². The Kier molecular flexibility index (Phi) is 6.81. The van der Waals surface area contributed by atoms with E-state index in [0.717, 1.165) is 5.56 Å². The number of nitrogens with one attached hydrogen (secondary N) is 1. The van der Waals surface area contributed by atoms with Gasteiger partial charge in [0.15, 0.2) is 11.5 Å². The number of benzene rings is 3. The van der Waals surface area contributed by atoms with Crippen molar-refractivity contribution in [3.05, 3.63) is 82.6 Å². The largest absolute Gasteiger partial charge is 0.493 e. The second-order valence-electron chi connectivity index (χ2n) is 6.40. The van der Waals surface area contributed by atoms with E-state index < -0.39 is 15.8 Å². The molecule has 0 fully saturated rings. The second kappa shape index (κ2) is 9.34. The molecule has 0 bridgehead atoms. The number of halogens is 2. The van der Waals surface area contributed by atoms with E-state index >= 15 is 0 Å². The van der Waals surface area contributed by atoms with Crippen molar-refractivity contribution < 1.29 is 22.3 Å². The number of rotatable bonds is 8. The molecular formula is C21H20ClFN2O4S. The Hall–Kier alpha value is -2.81. The summed E-state index contributed by atoms with van der Waals surface area (Å²) in [4.78, 5) is 0.0367. The highest BCUT2D eigenvalue weighted by Crippen LogP contribution is 2.33. The fraction of sp³-hybridized carbons (Fsp3) is 0.143. The lowest BCUT2D eigenvalue weighted by molar-refractivity contribution is 0.281. The summed E-state index contributed by atoms with van der Waals surface area (Å²) in [5, 5.41) is 8.59. The molecule has 0 atom stereocenters. The first-order valence-electron chi connectivity index (χ1n) is 8.87. The first-order chi connectivity index (χ1) is 14.3. The average molecular weight is 451 g/mol. The molecular weight excluding hydrogens is 431 g/mol. The van der Waals surface area contributed by atoms with Crippen LogP contribution in [-0.2, 0) is 23.2 Å². The Labute approximate surface area is 179 Å². The second-order valence-corrected chi connectivity index (χ2v) is 8.36. The van der Waals surface area contributed by atoms with Crippen LogP contribution in [0.5, 0.6) is 11.5 Å². The summed E-state index contributed by atoms with van der Waals surface area (Å²) in [5.41, 5.74) is 2.15. The summed E-state index contributed by atoms with van der Waals surface area (Å²) in [7, 11) is -2.20. The highest BCUT2D eigenvalue weighted by Gasteiger charge is 2.13. The van der Waals surface area contributed by atoms with E-state index in [9.17, 15) is 12.8 Å². The zero-order chi connectivity index (χ0) is 21.7. The molecule has 0 aliphatic heterocycles. The van der Waals surface area contributed by atoms with E-state index in [1.165, 1.54) is 31.4 Å². The maximum atomic E-state index is 13.3. The summed E-state index contributed by atoms with van der Waals surface area (Å²) in [5.74, 6) is 0.644. The van der Waals surface area contributed by atoms with Gasteiger partial charge in [-0.2, -0.15) is 0 Å². The number of anilines is 1. The van der Waals surface area contributed by atoms with Gasteiger partial charge in [-0.3, -0.25) is 0 Å². The van der Waals surface area contributed by atoms with Crippen LogP contribution < -0.4 is 19.9 Å². The van der Waals surface area contributed by atoms with E-state index in [0.29, 0.717) is 29.3 Å². The molecule has 0 spiro atoms. The summed E-state index contributed by atoms with van der Waals surface area (Å²) < 4.78 is 47.3. The Morgan fingerprint density at radius 1 is 1.07 bits per heavy atom. The standard InChI is InChI=1S/C21H20ClFN2O4S/c1-28-20-4-2-3-14(12-25-17-7-9-18(10-8-17)30(24,26)27)21(20)29-13-15-5-6-16(23)11-19(15)22/h2-11,25H,12-13H2,1H3,(H2,24,26,27). The van der Waals surface area contributed by atoms with E-state index in [4.69, 9.17) is 26.2 Å². The van der Waals surface area contributed by atoms with Gasteiger partial charge >= 0.3 is 0 Å². The molecule has 0 aliphatic rings. The van der Waals surface area contributed by atoms with Crippen molar-refractivity contribution >= 4 is 27.3 Å². The number of hydrogen-bond donors (Lipinski definition) is 2. The first-order valence-corrected chi connectivity index (χ1v) is 10.8. The van der Waals surface area contributed by atoms with Crippen LogP contribution in [0.2, 0.25) is 5.02 Å². The summed E-state index contributed by atoms with van der Waals surface area (Å²) >= 11 is 6.08. The quantitative estimate of drug-likeness (QED) is 0.533. The molecule has 3 rings (SSSR count). The number of ether oxygens (including phenoxy) is 2. The van der Waals surface area contributed by atoms with Crippen molar-refractivity contribution in [3.63, 3.8) is 0 Å². The molecule has 6 nitrogen and oxygen atoms in total. The maximum Gasteiger partial charge on any atom is 0.238 e. The van der Waals surface area contributed by atoms with Crippen molar-refractivity contribution in [2.24, 2.45) is 5.14 Å². The van der Waals surface area contributed by atoms with Crippen LogP contribution in [0.4, 0.5) is 10.1 Å². The van der Waals surface area contributed by atoms with Crippen LogP contribution in [0.1, 0.15) is 11.1 Å². The number of nitrogens with two attached hydrogens (primary N) is 1. The van der Waals surface area contributed by atoms with Crippen LogP contribution in [0.15, 0.2) is 65.6 Å². The summed E-state index contributed by atoms with van der Waals surface area (Å²) in [6.45, 7) is 0.522. The minimum Gasteiger partial charge on any atom is -0.493 e. The van der Waals surface area contributed by atoms with Gasteiger partial charge in [-0.05, 0) is 42.5 Å². The lowest BCUT2D eigenvalue weighted by Gasteiger charge is -2.16. The van der Waals surface area contributed by atoms with Crippen molar-refractivity contribution in [2.75, 3.05) is 12.4 Å². The molecule has 0 heterocycles. The summed E-state index contributed by atoms with van der Waals surface area (Å²) in [6, 6.07) is 15.7. The van der Waals surface area contributed by atoms with Crippen molar-refractivity contribution in [1.29, 1.82) is 0 Å². The molecule has 3 aromatic carbocycles. The predicted molar refractivity (Wildman–Crippen MR) is 114 cm³/mol. The SMILES string of the molecule is COc1cccc(CNc2ccc(S(N)(=O)=O)cc2)c1OCc1ccc(F)cc1Cl. The minimum absolute atomic E-state index is 0.0367. The molecule has 3 aromatic rings. The number of hydrogen-bond acceptors (Lipinski definition) is 5. The fourth-order valence-electron chi connectivity index (χ4n) is 2.77. The number of para-hydroxylation sites is 1. The highest BCUT2D eigenvalue weighted by molar-refractivity contribution is 7.89. The Bertz CT molecular complexity index is 1140. The van der Waals surface area contributed by atoms with Gasteiger partial charge in [-0.25, -0.2) is 17.9 Å². The van der Waals surface area contributed by atoms with Crippen LogP contribution in [0, 0.1) is 5.82 Å². The zero-order valence-corrected chi connectivity index (χ0v) is 17.6. The number of primary sulfonamides is 1. The third kappa shape index (κ3) is 5.41. The van der Waals surface area contributed by atoms with Gasteiger partial charge in [0.05, 0.1) is 17.0 Å². The van der Waals surface area contributed by atoms with Gasteiger partial charge in [0.1, 0.15) is 12.4 Å². The third-order valence-corrected chi connectivity index (χ3v) is 5.61. The molecule has 3 N–H and O–H groups in total. The Morgan fingerprint density at radius 2 is 1.80 bits per heavy atom.